The second-order valence-electron chi connectivity index (χ2n) is 13.7. The number of nitrogen functional groups attached to an aromatic ring is 1. The number of ether oxygens (including phenoxy) is 2. The first kappa shape index (κ1) is 33.5. The normalized spacial score (nSPS) is 19.7. The number of piperazine rings is 1. The van der Waals surface area contributed by atoms with Gasteiger partial charge in [-0.25, -0.2) is 14.2 Å². The Morgan fingerprint density at radius 1 is 1.06 bits per heavy atom. The Kier molecular flexibility index (Phi) is 9.17. The van der Waals surface area contributed by atoms with E-state index in [9.17, 15) is 19.2 Å². The zero-order chi connectivity index (χ0) is 35.0. The summed E-state index contributed by atoms with van der Waals surface area (Å²) in [7, 11) is 0. The summed E-state index contributed by atoms with van der Waals surface area (Å²) < 4.78 is 28.4. The van der Waals surface area contributed by atoms with E-state index in [-0.39, 0.29) is 41.3 Å². The minimum Gasteiger partial charge on any atom is -0.454 e. The van der Waals surface area contributed by atoms with E-state index in [1.165, 1.54) is 16.7 Å². The SMILES string of the molecule is CC(C)(/C=C(/C#N)C(=O)N1CCC[C@@H](n2c(=O)n(-c3ccc(Oc4ccccc4F)cc3)c3c(N)nccc32)C1)N1CCN(C2COC2)CC1. The van der Waals surface area contributed by atoms with E-state index in [2.05, 4.69) is 20.9 Å². The van der Waals surface area contributed by atoms with Gasteiger partial charge in [-0.2, -0.15) is 5.26 Å². The van der Waals surface area contributed by atoms with Crippen LogP contribution in [0.15, 0.2) is 77.2 Å². The number of carbonyl (C=O) groups excluding carboxylic acids is 1. The van der Waals surface area contributed by atoms with Crippen molar-refractivity contribution in [2.45, 2.75) is 44.3 Å². The molecule has 0 bridgehead atoms. The lowest BCUT2D eigenvalue weighted by Crippen LogP contribution is -2.59. The molecule has 0 saturated carbocycles. The van der Waals surface area contributed by atoms with Crippen molar-refractivity contribution in [1.82, 2.24) is 28.8 Å². The molecule has 3 aliphatic heterocycles. The Hall–Kier alpha value is -5.03. The first-order valence-corrected chi connectivity index (χ1v) is 17.0. The van der Waals surface area contributed by atoms with Crippen LogP contribution in [-0.4, -0.2) is 98.8 Å². The summed E-state index contributed by atoms with van der Waals surface area (Å²) >= 11 is 0. The van der Waals surface area contributed by atoms with Gasteiger partial charge in [-0.1, -0.05) is 12.1 Å². The molecule has 7 rings (SSSR count). The molecule has 3 saturated heterocycles. The molecule has 0 unspecified atom stereocenters. The van der Waals surface area contributed by atoms with Crippen LogP contribution < -0.4 is 16.2 Å². The third kappa shape index (κ3) is 6.37. The molecular weight excluding hydrogens is 639 g/mol. The summed E-state index contributed by atoms with van der Waals surface area (Å²) in [6.07, 6.45) is 4.68. The van der Waals surface area contributed by atoms with Gasteiger partial charge in [0, 0.05) is 51.0 Å². The van der Waals surface area contributed by atoms with Gasteiger partial charge >= 0.3 is 5.69 Å². The fourth-order valence-electron chi connectivity index (χ4n) is 7.30. The number of para-hydroxylation sites is 1. The molecule has 5 heterocycles. The van der Waals surface area contributed by atoms with Crippen LogP contribution in [0, 0.1) is 17.1 Å². The molecule has 4 aromatic rings. The lowest BCUT2D eigenvalue weighted by atomic mass is 9.96. The molecule has 2 aromatic heterocycles. The highest BCUT2D eigenvalue weighted by Gasteiger charge is 2.35. The summed E-state index contributed by atoms with van der Waals surface area (Å²) in [5, 5.41) is 10.2. The first-order valence-electron chi connectivity index (χ1n) is 17.0. The molecular formula is C37H41FN8O4. The number of piperidine rings is 1. The molecule has 50 heavy (non-hydrogen) atoms. The van der Waals surface area contributed by atoms with Crippen LogP contribution in [-0.2, 0) is 9.53 Å². The topological polar surface area (TPSA) is 135 Å². The first-order chi connectivity index (χ1) is 24.1. The van der Waals surface area contributed by atoms with Gasteiger partial charge in [-0.05, 0) is 75.2 Å². The third-order valence-corrected chi connectivity index (χ3v) is 10.1. The van der Waals surface area contributed by atoms with Gasteiger partial charge in [0.1, 0.15) is 28.7 Å². The molecule has 0 radical (unpaired) electrons. The number of aromatic nitrogens is 3. The summed E-state index contributed by atoms with van der Waals surface area (Å²) in [6, 6.07) is 16.9. The van der Waals surface area contributed by atoms with E-state index < -0.39 is 11.4 Å². The number of benzene rings is 2. The molecule has 2 N–H and O–H groups in total. The maximum absolute atomic E-state index is 14.3. The van der Waals surface area contributed by atoms with Crippen LogP contribution in [0.3, 0.4) is 0 Å². The average Bonchev–Trinajstić information content (AvgIpc) is 3.40. The van der Waals surface area contributed by atoms with Crippen LogP contribution in [0.25, 0.3) is 16.7 Å². The number of carbonyl (C=O) groups is 1. The number of fused-ring (bicyclic) bond motifs is 1. The number of nitrogens with zero attached hydrogens (tertiary/aromatic N) is 7. The van der Waals surface area contributed by atoms with Gasteiger partial charge in [0.25, 0.3) is 5.91 Å². The zero-order valence-electron chi connectivity index (χ0n) is 28.3. The predicted molar refractivity (Wildman–Crippen MR) is 187 cm³/mol. The Morgan fingerprint density at radius 2 is 1.80 bits per heavy atom. The van der Waals surface area contributed by atoms with E-state index in [1.54, 1.807) is 64.2 Å². The maximum Gasteiger partial charge on any atom is 0.334 e. The molecule has 260 valence electrons. The van der Waals surface area contributed by atoms with Gasteiger partial charge in [0.15, 0.2) is 11.6 Å². The number of anilines is 1. The number of nitrogens with two attached hydrogens (primary N) is 1. The minimum atomic E-state index is -0.497. The highest BCUT2D eigenvalue weighted by molar-refractivity contribution is 5.97. The van der Waals surface area contributed by atoms with E-state index in [0.717, 1.165) is 39.4 Å². The van der Waals surface area contributed by atoms with Crippen molar-refractivity contribution in [1.29, 1.82) is 5.26 Å². The molecule has 1 amide bonds. The summed E-state index contributed by atoms with van der Waals surface area (Å²) in [4.78, 5) is 38.9. The average molecular weight is 681 g/mol. The van der Waals surface area contributed by atoms with E-state index >= 15 is 0 Å². The van der Waals surface area contributed by atoms with Crippen molar-refractivity contribution in [3.63, 3.8) is 0 Å². The van der Waals surface area contributed by atoms with Crippen LogP contribution >= 0.6 is 0 Å². The van der Waals surface area contributed by atoms with Crippen LogP contribution in [0.1, 0.15) is 32.7 Å². The maximum atomic E-state index is 14.3. The molecule has 13 heteroatoms. The Balaban J connectivity index is 1.12. The second-order valence-corrected chi connectivity index (χ2v) is 13.7. The molecule has 12 nitrogen and oxygen atoms in total. The highest BCUT2D eigenvalue weighted by Crippen LogP contribution is 2.31. The van der Waals surface area contributed by atoms with Crippen molar-refractivity contribution in [3.05, 3.63) is 88.7 Å². The quantitative estimate of drug-likeness (QED) is 0.216. The number of likely N-dealkylation sites (tertiary alicyclic amines) is 1. The third-order valence-electron chi connectivity index (χ3n) is 10.1. The largest absolute Gasteiger partial charge is 0.454 e. The van der Waals surface area contributed by atoms with Crippen LogP contribution in [0.5, 0.6) is 11.5 Å². The smallest absolute Gasteiger partial charge is 0.334 e. The second kappa shape index (κ2) is 13.7. The van der Waals surface area contributed by atoms with Gasteiger partial charge in [-0.3, -0.25) is 23.7 Å². The molecule has 3 fully saturated rings. The van der Waals surface area contributed by atoms with Crippen molar-refractivity contribution in [2.75, 3.05) is 58.2 Å². The molecule has 0 spiro atoms. The van der Waals surface area contributed by atoms with Crippen molar-refractivity contribution in [3.8, 4) is 23.3 Å². The summed E-state index contributed by atoms with van der Waals surface area (Å²) in [5.74, 6) is -0.135. The van der Waals surface area contributed by atoms with Crippen LogP contribution in [0.2, 0.25) is 0 Å². The van der Waals surface area contributed by atoms with Crippen molar-refractivity contribution in [2.24, 2.45) is 0 Å². The van der Waals surface area contributed by atoms with Gasteiger partial charge in [0.05, 0.1) is 36.5 Å². The van der Waals surface area contributed by atoms with E-state index in [4.69, 9.17) is 15.2 Å². The number of rotatable bonds is 8. The summed E-state index contributed by atoms with van der Waals surface area (Å²) in [6.45, 7) is 9.92. The molecule has 2 aromatic carbocycles. The lowest BCUT2D eigenvalue weighted by Gasteiger charge is -2.46. The standard InChI is InChI=1S/C37H41FN8O4/c1-37(2,44-18-16-42(17-19-44)28-23-49-24-28)20-25(21-39)35(47)43-15-5-6-27(22-43)45-31-13-14-41-34(40)33(31)46(36(45)48)26-9-11-29(12-10-26)50-32-8-4-3-7-30(32)38/h3-4,7-14,20,27-28H,5-6,15-19,22-24H2,1-2H3,(H2,40,41)/b25-20-/t27-/m1/s1. The Morgan fingerprint density at radius 3 is 2.48 bits per heavy atom. The lowest BCUT2D eigenvalue weighted by molar-refractivity contribution is -0.128. The van der Waals surface area contributed by atoms with E-state index in [0.29, 0.717) is 47.9 Å². The molecule has 3 aliphatic rings. The number of pyridine rings is 1. The number of hydrogen-bond donors (Lipinski definition) is 1. The number of nitriles is 1. The van der Waals surface area contributed by atoms with Gasteiger partial charge < -0.3 is 20.1 Å². The Bertz CT molecular complexity index is 2020. The van der Waals surface area contributed by atoms with Gasteiger partial charge in [0.2, 0.25) is 0 Å². The van der Waals surface area contributed by atoms with E-state index in [1.807, 2.05) is 13.8 Å². The fraction of sp³-hybridized carbons (Fsp3) is 0.405. The van der Waals surface area contributed by atoms with Gasteiger partial charge in [-0.15, -0.1) is 0 Å². The minimum absolute atomic E-state index is 0.0924. The summed E-state index contributed by atoms with van der Waals surface area (Å²) in [5.41, 5.74) is 7.23. The number of amides is 1. The highest BCUT2D eigenvalue weighted by atomic mass is 19.1. The molecule has 1 atom stereocenters. The van der Waals surface area contributed by atoms with Crippen LogP contribution in [0.4, 0.5) is 10.2 Å². The number of halogens is 1. The monoisotopic (exact) mass is 680 g/mol. The van der Waals surface area contributed by atoms with Crippen molar-refractivity contribution < 1.29 is 18.7 Å². The Labute approximate surface area is 289 Å². The number of hydrogen-bond acceptors (Lipinski definition) is 9. The number of imidazole rings is 1. The fourth-order valence-corrected chi connectivity index (χ4v) is 7.30. The molecule has 0 aliphatic carbocycles. The zero-order valence-corrected chi connectivity index (χ0v) is 28.3. The van der Waals surface area contributed by atoms with Crippen molar-refractivity contribution >= 4 is 22.8 Å². The predicted octanol–water partition coefficient (Wildman–Crippen LogP) is 4.11.